The van der Waals surface area contributed by atoms with Crippen molar-refractivity contribution in [3.05, 3.63) is 41.7 Å². The van der Waals surface area contributed by atoms with Gasteiger partial charge in [0, 0.05) is 18.5 Å². The maximum absolute atomic E-state index is 13.0. The second kappa shape index (κ2) is 8.47. The van der Waals surface area contributed by atoms with E-state index in [1.54, 1.807) is 12.1 Å². The number of nitrogens with two attached hydrogens (primary N) is 1. The normalized spacial score (nSPS) is 18.0. The molecule has 0 bridgehead atoms. The van der Waals surface area contributed by atoms with Crippen LogP contribution in [0.1, 0.15) is 50.3 Å². The number of aromatic nitrogens is 3. The second-order valence-electron chi connectivity index (χ2n) is 7.21. The fraction of sp³-hybridized carbons (Fsp3) is 0.526. The zero-order valence-electron chi connectivity index (χ0n) is 15.8. The Labute approximate surface area is 158 Å². The molecule has 1 fully saturated rings. The Balaban J connectivity index is 1.72. The van der Waals surface area contributed by atoms with E-state index in [2.05, 4.69) is 23.8 Å². The molecule has 0 aliphatic carbocycles. The minimum atomic E-state index is -0.311. The number of hydrogen-bond acceptors (Lipinski definition) is 5. The van der Waals surface area contributed by atoms with E-state index in [0.29, 0.717) is 11.6 Å². The summed E-state index contributed by atoms with van der Waals surface area (Å²) in [4.78, 5) is 18.0. The van der Waals surface area contributed by atoms with Crippen LogP contribution in [0.25, 0.3) is 0 Å². The van der Waals surface area contributed by atoms with Gasteiger partial charge in [-0.2, -0.15) is 5.10 Å². The third-order valence-corrected chi connectivity index (χ3v) is 4.62. The maximum Gasteiger partial charge on any atom is 0.231 e. The first-order chi connectivity index (χ1) is 12.9. The van der Waals surface area contributed by atoms with Crippen molar-refractivity contribution >= 4 is 5.91 Å². The lowest BCUT2D eigenvalue weighted by Crippen LogP contribution is -2.40. The number of primary amides is 1. The Bertz CT molecular complexity index is 775. The molecule has 2 heterocycles. The summed E-state index contributed by atoms with van der Waals surface area (Å²) < 4.78 is 20.6. The monoisotopic (exact) mass is 375 g/mol. The molecule has 146 valence electrons. The molecule has 0 saturated carbocycles. The number of halogens is 1. The number of hydrogen-bond donors (Lipinski definition) is 1. The Morgan fingerprint density at radius 1 is 1.37 bits per heavy atom. The molecule has 0 radical (unpaired) electrons. The Kier molecular flexibility index (Phi) is 6.05. The van der Waals surface area contributed by atoms with E-state index in [9.17, 15) is 9.18 Å². The molecule has 1 unspecified atom stereocenters. The second-order valence-corrected chi connectivity index (χ2v) is 7.21. The highest BCUT2D eigenvalue weighted by Crippen LogP contribution is 2.27. The van der Waals surface area contributed by atoms with Gasteiger partial charge in [-0.3, -0.25) is 9.69 Å². The summed E-state index contributed by atoms with van der Waals surface area (Å²) >= 11 is 0. The molecule has 0 spiro atoms. The summed E-state index contributed by atoms with van der Waals surface area (Å²) in [6.45, 7) is 6.23. The predicted octanol–water partition coefficient (Wildman–Crippen LogP) is 2.24. The van der Waals surface area contributed by atoms with Crippen molar-refractivity contribution in [2.75, 3.05) is 19.6 Å². The first-order valence-corrected chi connectivity index (χ1v) is 9.26. The van der Waals surface area contributed by atoms with Crippen LogP contribution in [0, 0.1) is 5.82 Å². The van der Waals surface area contributed by atoms with Crippen molar-refractivity contribution in [1.82, 2.24) is 19.7 Å². The summed E-state index contributed by atoms with van der Waals surface area (Å²) in [6.07, 6.45) is 1.99. The zero-order valence-corrected chi connectivity index (χ0v) is 15.8. The van der Waals surface area contributed by atoms with Crippen LogP contribution in [0.4, 0.5) is 4.39 Å². The van der Waals surface area contributed by atoms with Crippen molar-refractivity contribution in [3.63, 3.8) is 0 Å². The lowest BCUT2D eigenvalue weighted by molar-refractivity contribution is -0.119. The topological polar surface area (TPSA) is 86.3 Å². The van der Waals surface area contributed by atoms with E-state index in [4.69, 9.17) is 15.5 Å². The summed E-state index contributed by atoms with van der Waals surface area (Å²) in [5.74, 6) is 1.67. The highest BCUT2D eigenvalue weighted by atomic mass is 19.1. The van der Waals surface area contributed by atoms with Gasteiger partial charge < -0.3 is 10.5 Å². The fourth-order valence-corrected chi connectivity index (χ4v) is 3.41. The molecule has 27 heavy (non-hydrogen) atoms. The third-order valence-electron chi connectivity index (χ3n) is 4.62. The quantitative estimate of drug-likeness (QED) is 0.802. The standard InChI is InChI=1S/C19H26FN5O2/c1-13(2)25-19(14-4-3-9-24(10-14)11-17(21)26)22-18(23-25)12-27-16-7-5-15(20)6-8-16/h5-8,13-14H,3-4,9-12H2,1-2H3,(H2,21,26). The molecule has 8 heteroatoms. The van der Waals surface area contributed by atoms with E-state index in [-0.39, 0.29) is 36.8 Å². The largest absolute Gasteiger partial charge is 0.486 e. The third kappa shape index (κ3) is 5.03. The van der Waals surface area contributed by atoms with Gasteiger partial charge in [-0.15, -0.1) is 0 Å². The Morgan fingerprint density at radius 3 is 2.78 bits per heavy atom. The van der Waals surface area contributed by atoms with Gasteiger partial charge in [0.05, 0.1) is 6.54 Å². The zero-order chi connectivity index (χ0) is 19.4. The summed E-state index contributed by atoms with van der Waals surface area (Å²) in [5, 5.41) is 4.60. The van der Waals surface area contributed by atoms with Crippen molar-refractivity contribution < 1.29 is 13.9 Å². The summed E-state index contributed by atoms with van der Waals surface area (Å²) in [5.41, 5.74) is 5.34. The minimum absolute atomic E-state index is 0.165. The molecular formula is C19H26FN5O2. The van der Waals surface area contributed by atoms with Crippen LogP contribution in [0.3, 0.4) is 0 Å². The van der Waals surface area contributed by atoms with Crippen LogP contribution in [0.2, 0.25) is 0 Å². The van der Waals surface area contributed by atoms with Gasteiger partial charge in [0.1, 0.15) is 24.0 Å². The molecule has 1 aromatic heterocycles. The van der Waals surface area contributed by atoms with Crippen molar-refractivity contribution in [2.45, 2.75) is 45.3 Å². The fourth-order valence-electron chi connectivity index (χ4n) is 3.41. The predicted molar refractivity (Wildman–Crippen MR) is 98.7 cm³/mol. The van der Waals surface area contributed by atoms with Gasteiger partial charge in [0.25, 0.3) is 0 Å². The van der Waals surface area contributed by atoms with E-state index in [1.807, 2.05) is 4.68 Å². The van der Waals surface area contributed by atoms with Crippen LogP contribution in [-0.2, 0) is 11.4 Å². The number of rotatable bonds is 7. The highest BCUT2D eigenvalue weighted by Gasteiger charge is 2.27. The Morgan fingerprint density at radius 2 is 2.11 bits per heavy atom. The molecule has 1 saturated heterocycles. The molecule has 7 nitrogen and oxygen atoms in total. The van der Waals surface area contributed by atoms with Gasteiger partial charge in [0.2, 0.25) is 5.91 Å². The number of ether oxygens (including phenoxy) is 1. The Hall–Kier alpha value is -2.48. The molecular weight excluding hydrogens is 349 g/mol. The molecule has 1 aromatic carbocycles. The number of carbonyl (C=O) groups excluding carboxylic acids is 1. The average Bonchev–Trinajstić information content (AvgIpc) is 3.06. The molecule has 3 rings (SSSR count). The lowest BCUT2D eigenvalue weighted by atomic mass is 9.97. The van der Waals surface area contributed by atoms with E-state index < -0.39 is 0 Å². The smallest absolute Gasteiger partial charge is 0.231 e. The van der Waals surface area contributed by atoms with Crippen molar-refractivity contribution in [1.29, 1.82) is 0 Å². The molecule has 2 aromatic rings. The van der Waals surface area contributed by atoms with Gasteiger partial charge in [0.15, 0.2) is 5.82 Å². The minimum Gasteiger partial charge on any atom is -0.486 e. The van der Waals surface area contributed by atoms with Crippen LogP contribution < -0.4 is 10.5 Å². The number of piperidine rings is 1. The SMILES string of the molecule is CC(C)n1nc(COc2ccc(F)cc2)nc1C1CCCN(CC(N)=O)C1. The number of nitrogens with zero attached hydrogens (tertiary/aromatic N) is 4. The molecule has 2 N–H and O–H groups in total. The summed E-state index contributed by atoms with van der Waals surface area (Å²) in [6, 6.07) is 6.04. The average molecular weight is 375 g/mol. The summed E-state index contributed by atoms with van der Waals surface area (Å²) in [7, 11) is 0. The van der Waals surface area contributed by atoms with Crippen molar-refractivity contribution in [2.24, 2.45) is 5.73 Å². The van der Waals surface area contributed by atoms with Gasteiger partial charge in [-0.25, -0.2) is 14.1 Å². The number of likely N-dealkylation sites (tertiary alicyclic amines) is 1. The van der Waals surface area contributed by atoms with Gasteiger partial charge in [-0.05, 0) is 57.5 Å². The number of carbonyl (C=O) groups is 1. The molecule has 1 amide bonds. The van der Waals surface area contributed by atoms with Crippen LogP contribution in [0.5, 0.6) is 5.75 Å². The van der Waals surface area contributed by atoms with Crippen molar-refractivity contribution in [3.8, 4) is 5.75 Å². The van der Waals surface area contributed by atoms with Crippen LogP contribution in [-0.4, -0.2) is 45.2 Å². The van der Waals surface area contributed by atoms with Gasteiger partial charge >= 0.3 is 0 Å². The molecule has 1 aliphatic rings. The van der Waals surface area contributed by atoms with Crippen LogP contribution >= 0.6 is 0 Å². The van der Waals surface area contributed by atoms with Crippen LogP contribution in [0.15, 0.2) is 24.3 Å². The molecule has 1 atom stereocenters. The number of benzene rings is 1. The first-order valence-electron chi connectivity index (χ1n) is 9.26. The number of amides is 1. The van der Waals surface area contributed by atoms with E-state index >= 15 is 0 Å². The first kappa shape index (κ1) is 19.3. The van der Waals surface area contributed by atoms with Gasteiger partial charge in [-0.1, -0.05) is 0 Å². The highest BCUT2D eigenvalue weighted by molar-refractivity contribution is 5.75. The maximum atomic E-state index is 13.0. The van der Waals surface area contributed by atoms with E-state index in [0.717, 1.165) is 31.8 Å². The molecule has 1 aliphatic heterocycles. The van der Waals surface area contributed by atoms with E-state index in [1.165, 1.54) is 12.1 Å². The lowest BCUT2D eigenvalue weighted by Gasteiger charge is -2.31.